The van der Waals surface area contributed by atoms with E-state index in [0.717, 1.165) is 5.56 Å². The average Bonchev–Trinajstić information content (AvgIpc) is 2.61. The zero-order valence-electron chi connectivity index (χ0n) is 14.6. The van der Waals surface area contributed by atoms with E-state index in [9.17, 15) is 9.59 Å². The summed E-state index contributed by atoms with van der Waals surface area (Å²) < 4.78 is 10.6. The third-order valence-corrected chi connectivity index (χ3v) is 3.54. The number of methoxy groups -OCH3 is 1. The molecule has 0 radical (unpaired) electrons. The van der Waals surface area contributed by atoms with Crippen LogP contribution in [0.15, 0.2) is 48.5 Å². The fourth-order valence-corrected chi connectivity index (χ4v) is 2.14. The third kappa shape index (κ3) is 5.53. The van der Waals surface area contributed by atoms with Crippen LogP contribution in [-0.4, -0.2) is 44.5 Å². The molecule has 0 saturated heterocycles. The van der Waals surface area contributed by atoms with Gasteiger partial charge in [-0.05, 0) is 30.3 Å². The van der Waals surface area contributed by atoms with Crippen molar-refractivity contribution in [2.45, 2.75) is 6.42 Å². The summed E-state index contributed by atoms with van der Waals surface area (Å²) in [6.07, 6.45) is 0.222. The summed E-state index contributed by atoms with van der Waals surface area (Å²) in [4.78, 5) is 25.1. The van der Waals surface area contributed by atoms with Crippen molar-refractivity contribution in [3.05, 3.63) is 54.1 Å². The van der Waals surface area contributed by atoms with Crippen molar-refractivity contribution < 1.29 is 19.1 Å². The second-order valence-corrected chi connectivity index (χ2v) is 5.64. The molecule has 1 N–H and O–H groups in total. The van der Waals surface area contributed by atoms with E-state index in [0.29, 0.717) is 17.2 Å². The lowest BCUT2D eigenvalue weighted by atomic mass is 10.1. The first kappa shape index (κ1) is 18.3. The van der Waals surface area contributed by atoms with Crippen LogP contribution >= 0.6 is 0 Å². The summed E-state index contributed by atoms with van der Waals surface area (Å²) in [6.45, 7) is -0.0213. The van der Waals surface area contributed by atoms with Gasteiger partial charge in [-0.2, -0.15) is 0 Å². The molecule has 2 aromatic rings. The number of hydrogen-bond acceptors (Lipinski definition) is 4. The zero-order chi connectivity index (χ0) is 18.2. The van der Waals surface area contributed by atoms with Crippen molar-refractivity contribution >= 4 is 17.5 Å². The maximum absolute atomic E-state index is 12.2. The van der Waals surface area contributed by atoms with E-state index in [1.165, 1.54) is 4.90 Å². The number of nitrogens with one attached hydrogen (secondary N) is 1. The normalized spacial score (nSPS) is 10.0. The molecule has 2 rings (SSSR count). The van der Waals surface area contributed by atoms with Crippen molar-refractivity contribution in [3.63, 3.8) is 0 Å². The Balaban J connectivity index is 1.90. The number of benzene rings is 2. The predicted molar refractivity (Wildman–Crippen MR) is 96.0 cm³/mol. The molecule has 25 heavy (non-hydrogen) atoms. The molecule has 0 aliphatic carbocycles. The van der Waals surface area contributed by atoms with Crippen LogP contribution in [0.1, 0.15) is 5.56 Å². The van der Waals surface area contributed by atoms with Crippen molar-refractivity contribution in [3.8, 4) is 11.5 Å². The van der Waals surface area contributed by atoms with Gasteiger partial charge in [-0.3, -0.25) is 9.59 Å². The number of carbonyl (C=O) groups is 2. The smallest absolute Gasteiger partial charge is 0.259 e. The second kappa shape index (κ2) is 8.73. The molecule has 0 bridgehead atoms. The fraction of sp³-hybridized carbons (Fsp3) is 0.263. The monoisotopic (exact) mass is 342 g/mol. The molecule has 6 heteroatoms. The van der Waals surface area contributed by atoms with Gasteiger partial charge >= 0.3 is 0 Å². The van der Waals surface area contributed by atoms with Gasteiger partial charge in [0, 0.05) is 25.3 Å². The van der Waals surface area contributed by atoms with Crippen LogP contribution in [0.5, 0.6) is 11.5 Å². The minimum atomic E-state index is -0.138. The lowest BCUT2D eigenvalue weighted by Crippen LogP contribution is -2.27. The maximum Gasteiger partial charge on any atom is 0.259 e. The van der Waals surface area contributed by atoms with Gasteiger partial charge in [-0.25, -0.2) is 0 Å². The topological polar surface area (TPSA) is 67.9 Å². The predicted octanol–water partition coefficient (Wildman–Crippen LogP) is 2.34. The van der Waals surface area contributed by atoms with Crippen molar-refractivity contribution in [1.82, 2.24) is 4.90 Å². The quantitative estimate of drug-likeness (QED) is 0.839. The molecular formula is C19H22N2O4. The van der Waals surface area contributed by atoms with E-state index < -0.39 is 0 Å². The fourth-order valence-electron chi connectivity index (χ4n) is 2.14. The number of anilines is 1. The minimum Gasteiger partial charge on any atom is -0.496 e. The SMILES string of the molecule is COc1ccccc1CC(=O)Nc1ccc(OCC(=O)N(C)C)cc1. The summed E-state index contributed by atoms with van der Waals surface area (Å²) in [6, 6.07) is 14.3. The number of ether oxygens (including phenoxy) is 2. The molecule has 0 unspecified atom stereocenters. The molecule has 0 aliphatic heterocycles. The lowest BCUT2D eigenvalue weighted by molar-refractivity contribution is -0.130. The highest BCUT2D eigenvalue weighted by molar-refractivity contribution is 5.92. The second-order valence-electron chi connectivity index (χ2n) is 5.64. The summed E-state index contributed by atoms with van der Waals surface area (Å²) in [7, 11) is 4.93. The van der Waals surface area contributed by atoms with Crippen LogP contribution in [0, 0.1) is 0 Å². The highest BCUT2D eigenvalue weighted by atomic mass is 16.5. The Morgan fingerprint density at radius 3 is 2.36 bits per heavy atom. The highest BCUT2D eigenvalue weighted by Gasteiger charge is 2.09. The lowest BCUT2D eigenvalue weighted by Gasteiger charge is -2.12. The number of amides is 2. The highest BCUT2D eigenvalue weighted by Crippen LogP contribution is 2.19. The molecule has 132 valence electrons. The molecule has 2 amide bonds. The Morgan fingerprint density at radius 1 is 1.04 bits per heavy atom. The largest absolute Gasteiger partial charge is 0.496 e. The zero-order valence-corrected chi connectivity index (χ0v) is 14.6. The van der Waals surface area contributed by atoms with Crippen LogP contribution in [0.4, 0.5) is 5.69 Å². The van der Waals surface area contributed by atoms with Crippen LogP contribution in [0.25, 0.3) is 0 Å². The number of para-hydroxylation sites is 1. The van der Waals surface area contributed by atoms with Gasteiger partial charge in [-0.1, -0.05) is 18.2 Å². The standard InChI is InChI=1S/C19H22N2O4/c1-21(2)19(23)13-25-16-10-8-15(9-11-16)20-18(22)12-14-6-4-5-7-17(14)24-3/h4-11H,12-13H2,1-3H3,(H,20,22). The van der Waals surface area contributed by atoms with Crippen molar-refractivity contribution in [2.24, 2.45) is 0 Å². The van der Waals surface area contributed by atoms with E-state index in [-0.39, 0.29) is 24.8 Å². The summed E-state index contributed by atoms with van der Waals surface area (Å²) >= 11 is 0. The van der Waals surface area contributed by atoms with Gasteiger partial charge in [-0.15, -0.1) is 0 Å². The van der Waals surface area contributed by atoms with Gasteiger partial charge in [0.2, 0.25) is 5.91 Å². The van der Waals surface area contributed by atoms with Gasteiger partial charge in [0.05, 0.1) is 13.5 Å². The van der Waals surface area contributed by atoms with Gasteiger partial charge < -0.3 is 19.7 Å². The number of rotatable bonds is 7. The molecule has 0 fully saturated rings. The van der Waals surface area contributed by atoms with Gasteiger partial charge in [0.25, 0.3) is 5.91 Å². The summed E-state index contributed by atoms with van der Waals surface area (Å²) in [5.74, 6) is 1.00. The molecular weight excluding hydrogens is 320 g/mol. The molecule has 0 saturated carbocycles. The first-order valence-electron chi connectivity index (χ1n) is 7.84. The Kier molecular flexibility index (Phi) is 6.39. The minimum absolute atomic E-state index is 0.0213. The van der Waals surface area contributed by atoms with E-state index in [1.807, 2.05) is 24.3 Å². The van der Waals surface area contributed by atoms with E-state index in [2.05, 4.69) is 5.32 Å². The number of likely N-dealkylation sites (N-methyl/N-ethyl adjacent to an activating group) is 1. The van der Waals surface area contributed by atoms with Gasteiger partial charge in [0.1, 0.15) is 11.5 Å². The number of nitrogens with zero attached hydrogens (tertiary/aromatic N) is 1. The van der Waals surface area contributed by atoms with E-state index in [4.69, 9.17) is 9.47 Å². The Labute approximate surface area is 147 Å². The summed E-state index contributed by atoms with van der Waals surface area (Å²) in [5, 5.41) is 2.83. The average molecular weight is 342 g/mol. The summed E-state index contributed by atoms with van der Waals surface area (Å²) in [5.41, 5.74) is 1.48. The van der Waals surface area contributed by atoms with Gasteiger partial charge in [0.15, 0.2) is 6.61 Å². The van der Waals surface area contributed by atoms with E-state index in [1.54, 1.807) is 45.5 Å². The Bertz CT molecular complexity index is 726. The molecule has 6 nitrogen and oxygen atoms in total. The number of hydrogen-bond donors (Lipinski definition) is 1. The molecule has 0 atom stereocenters. The Morgan fingerprint density at radius 2 is 1.72 bits per heavy atom. The molecule has 0 aliphatic rings. The molecule has 0 aromatic heterocycles. The first-order valence-corrected chi connectivity index (χ1v) is 7.84. The van der Waals surface area contributed by atoms with Crippen molar-refractivity contribution in [1.29, 1.82) is 0 Å². The molecule has 2 aromatic carbocycles. The number of carbonyl (C=O) groups excluding carboxylic acids is 2. The van der Waals surface area contributed by atoms with Crippen LogP contribution in [-0.2, 0) is 16.0 Å². The van der Waals surface area contributed by atoms with Crippen LogP contribution in [0.2, 0.25) is 0 Å². The van der Waals surface area contributed by atoms with Crippen LogP contribution in [0.3, 0.4) is 0 Å². The Hall–Kier alpha value is -3.02. The van der Waals surface area contributed by atoms with Crippen molar-refractivity contribution in [2.75, 3.05) is 33.1 Å². The molecule has 0 heterocycles. The first-order chi connectivity index (χ1) is 12.0. The molecule has 0 spiro atoms. The third-order valence-electron chi connectivity index (χ3n) is 3.54. The van der Waals surface area contributed by atoms with E-state index >= 15 is 0 Å². The van der Waals surface area contributed by atoms with Crippen LogP contribution < -0.4 is 14.8 Å². The maximum atomic E-state index is 12.2.